The number of fused-ring (bicyclic) bond motifs is 1. The molecule has 0 saturated carbocycles. The van der Waals surface area contributed by atoms with Gasteiger partial charge < -0.3 is 4.74 Å². The molecule has 2 aromatic carbocycles. The van der Waals surface area contributed by atoms with Crippen LogP contribution in [0.5, 0.6) is 0 Å². The van der Waals surface area contributed by atoms with Crippen molar-refractivity contribution in [3.05, 3.63) is 115 Å². The van der Waals surface area contributed by atoms with Gasteiger partial charge in [0.1, 0.15) is 6.61 Å². The second-order valence-corrected chi connectivity index (χ2v) is 10.3. The molecule has 6 heteroatoms. The Bertz CT molecular complexity index is 1440. The van der Waals surface area contributed by atoms with Gasteiger partial charge in [0.05, 0.1) is 21.8 Å². The van der Waals surface area contributed by atoms with Crippen LogP contribution in [0, 0.1) is 0 Å². The van der Waals surface area contributed by atoms with Gasteiger partial charge in [-0.1, -0.05) is 99.4 Å². The molecule has 0 fully saturated rings. The first-order chi connectivity index (χ1) is 16.2. The zero-order valence-electron chi connectivity index (χ0n) is 19.9. The summed E-state index contributed by atoms with van der Waals surface area (Å²) in [5.41, 5.74) is 3.78. The minimum Gasteiger partial charge on any atom is -0.458 e. The van der Waals surface area contributed by atoms with Crippen molar-refractivity contribution in [2.24, 2.45) is 4.99 Å². The maximum Gasteiger partial charge on any atom is 0.338 e. The number of hydrogen-bond donors (Lipinski definition) is 0. The first-order valence-electron chi connectivity index (χ1n) is 11.2. The maximum atomic E-state index is 13.6. The van der Waals surface area contributed by atoms with Crippen molar-refractivity contribution in [2.75, 3.05) is 6.61 Å². The van der Waals surface area contributed by atoms with Gasteiger partial charge in [0.15, 0.2) is 4.80 Å². The van der Waals surface area contributed by atoms with Crippen LogP contribution in [0.25, 0.3) is 6.08 Å². The molecule has 1 aliphatic rings. The summed E-state index contributed by atoms with van der Waals surface area (Å²) in [6, 6.07) is 17.1. The lowest BCUT2D eigenvalue weighted by Gasteiger charge is -2.24. The highest BCUT2D eigenvalue weighted by Crippen LogP contribution is 2.30. The van der Waals surface area contributed by atoms with Gasteiger partial charge in [0.25, 0.3) is 5.56 Å². The molecular formula is C28H28N2O3S. The topological polar surface area (TPSA) is 60.7 Å². The fourth-order valence-electron chi connectivity index (χ4n) is 3.98. The lowest BCUT2D eigenvalue weighted by Crippen LogP contribution is -2.39. The third-order valence-electron chi connectivity index (χ3n) is 5.76. The van der Waals surface area contributed by atoms with Crippen LogP contribution in [0.3, 0.4) is 0 Å². The first-order valence-corrected chi connectivity index (χ1v) is 12.0. The molecule has 0 radical (unpaired) electrons. The molecule has 1 unspecified atom stereocenters. The standard InChI is InChI=1S/C28H28N2O3S/c1-6-16-33-26(32)23-18(2)29-27-30(24(23)20-10-8-7-9-11-20)25(31)22(34-27)17-19-12-14-21(15-13-19)28(3,4)5/h6-15,17,24H,1,16H2,2-5H3. The summed E-state index contributed by atoms with van der Waals surface area (Å²) in [5, 5.41) is 0. The van der Waals surface area contributed by atoms with Crippen molar-refractivity contribution in [1.29, 1.82) is 0 Å². The quantitative estimate of drug-likeness (QED) is 0.412. The van der Waals surface area contributed by atoms with E-state index in [-0.39, 0.29) is 17.6 Å². The van der Waals surface area contributed by atoms with Gasteiger partial charge in [-0.15, -0.1) is 0 Å². The summed E-state index contributed by atoms with van der Waals surface area (Å²) in [7, 11) is 0. The third kappa shape index (κ3) is 4.59. The molecule has 4 rings (SSSR count). The van der Waals surface area contributed by atoms with Crippen LogP contribution in [-0.2, 0) is 14.9 Å². The van der Waals surface area contributed by atoms with Crippen molar-refractivity contribution in [3.63, 3.8) is 0 Å². The molecule has 0 saturated heterocycles. The molecule has 5 nitrogen and oxygen atoms in total. The highest BCUT2D eigenvalue weighted by Gasteiger charge is 2.33. The number of benzene rings is 2. The Kier molecular flexibility index (Phi) is 6.53. The number of hydrogen-bond acceptors (Lipinski definition) is 5. The summed E-state index contributed by atoms with van der Waals surface area (Å²) in [6.45, 7) is 12.0. The van der Waals surface area contributed by atoms with Crippen LogP contribution in [0.1, 0.15) is 50.4 Å². The van der Waals surface area contributed by atoms with Crippen molar-refractivity contribution >= 4 is 23.4 Å². The van der Waals surface area contributed by atoms with Crippen LogP contribution < -0.4 is 14.9 Å². The molecule has 34 heavy (non-hydrogen) atoms. The molecule has 174 valence electrons. The number of carbonyl (C=O) groups is 1. The second-order valence-electron chi connectivity index (χ2n) is 9.25. The van der Waals surface area contributed by atoms with Gasteiger partial charge in [-0.05, 0) is 35.1 Å². The van der Waals surface area contributed by atoms with E-state index in [1.807, 2.05) is 48.5 Å². The molecule has 0 N–H and O–H groups in total. The number of aromatic nitrogens is 1. The summed E-state index contributed by atoms with van der Waals surface area (Å²) in [4.78, 5) is 31.8. The van der Waals surface area contributed by atoms with Gasteiger partial charge in [-0.2, -0.15) is 0 Å². The molecule has 1 atom stereocenters. The number of rotatable bonds is 5. The largest absolute Gasteiger partial charge is 0.458 e. The van der Waals surface area contributed by atoms with Crippen LogP contribution in [0.15, 0.2) is 88.3 Å². The van der Waals surface area contributed by atoms with E-state index in [4.69, 9.17) is 4.74 Å². The second kappa shape index (κ2) is 9.39. The van der Waals surface area contributed by atoms with E-state index in [2.05, 4.69) is 44.5 Å². The van der Waals surface area contributed by atoms with Gasteiger partial charge in [-0.25, -0.2) is 9.79 Å². The highest BCUT2D eigenvalue weighted by molar-refractivity contribution is 7.07. The van der Waals surface area contributed by atoms with E-state index < -0.39 is 12.0 Å². The Hall–Kier alpha value is -3.51. The smallest absolute Gasteiger partial charge is 0.338 e. The number of thiazole rings is 1. The summed E-state index contributed by atoms with van der Waals surface area (Å²) >= 11 is 1.33. The Morgan fingerprint density at radius 3 is 2.44 bits per heavy atom. The minimum absolute atomic E-state index is 0.0572. The molecule has 3 aromatic rings. The fourth-order valence-corrected chi connectivity index (χ4v) is 5.02. The SMILES string of the molecule is C=CCOC(=O)C1=C(C)N=c2sc(=Cc3ccc(C(C)(C)C)cc3)c(=O)n2C1c1ccccc1. The monoisotopic (exact) mass is 472 g/mol. The number of carbonyl (C=O) groups excluding carboxylic acids is 1. The molecular weight excluding hydrogens is 444 g/mol. The molecule has 1 aromatic heterocycles. The Morgan fingerprint density at radius 2 is 1.82 bits per heavy atom. The van der Waals surface area contributed by atoms with Crippen LogP contribution in [0.2, 0.25) is 0 Å². The average molecular weight is 473 g/mol. The lowest BCUT2D eigenvalue weighted by molar-refractivity contribution is -0.138. The fraction of sp³-hybridized carbons (Fsp3) is 0.250. The number of nitrogens with zero attached hydrogens (tertiary/aromatic N) is 2. The van der Waals surface area contributed by atoms with E-state index in [9.17, 15) is 9.59 Å². The number of ether oxygens (including phenoxy) is 1. The normalized spacial score (nSPS) is 16.1. The molecule has 0 bridgehead atoms. The van der Waals surface area contributed by atoms with Gasteiger partial charge in [0.2, 0.25) is 0 Å². The summed E-state index contributed by atoms with van der Waals surface area (Å²) in [5.74, 6) is -0.498. The first kappa shape index (κ1) is 23.6. The maximum absolute atomic E-state index is 13.6. The minimum atomic E-state index is -0.611. The van der Waals surface area contributed by atoms with E-state index in [1.165, 1.54) is 23.0 Å². The Morgan fingerprint density at radius 1 is 1.15 bits per heavy atom. The highest BCUT2D eigenvalue weighted by atomic mass is 32.1. The lowest BCUT2D eigenvalue weighted by atomic mass is 9.87. The molecule has 1 aliphatic heterocycles. The zero-order valence-corrected chi connectivity index (χ0v) is 20.7. The van der Waals surface area contributed by atoms with E-state index >= 15 is 0 Å². The zero-order chi connectivity index (χ0) is 24.5. The molecule has 2 heterocycles. The van der Waals surface area contributed by atoms with Gasteiger partial charge in [0, 0.05) is 0 Å². The predicted molar refractivity (Wildman–Crippen MR) is 137 cm³/mol. The number of allylic oxidation sites excluding steroid dienone is 1. The van der Waals surface area contributed by atoms with Crippen molar-refractivity contribution in [1.82, 2.24) is 4.57 Å². The third-order valence-corrected chi connectivity index (χ3v) is 6.75. The van der Waals surface area contributed by atoms with Gasteiger partial charge >= 0.3 is 5.97 Å². The molecule has 0 amide bonds. The molecule has 0 aliphatic carbocycles. The Balaban J connectivity index is 1.86. The van der Waals surface area contributed by atoms with Crippen molar-refractivity contribution < 1.29 is 9.53 Å². The van der Waals surface area contributed by atoms with Crippen LogP contribution >= 0.6 is 11.3 Å². The summed E-state index contributed by atoms with van der Waals surface area (Å²) in [6.07, 6.45) is 3.40. The van der Waals surface area contributed by atoms with Crippen LogP contribution in [0.4, 0.5) is 0 Å². The average Bonchev–Trinajstić information content (AvgIpc) is 3.11. The van der Waals surface area contributed by atoms with Crippen molar-refractivity contribution in [2.45, 2.75) is 39.2 Å². The Labute approximate surface area is 203 Å². The molecule has 0 spiro atoms. The van der Waals surface area contributed by atoms with E-state index in [0.717, 1.165) is 11.1 Å². The van der Waals surface area contributed by atoms with E-state index in [1.54, 1.807) is 11.5 Å². The van der Waals surface area contributed by atoms with Gasteiger partial charge in [-0.3, -0.25) is 9.36 Å². The van der Waals surface area contributed by atoms with Crippen molar-refractivity contribution in [3.8, 4) is 0 Å². The van der Waals surface area contributed by atoms with E-state index in [0.29, 0.717) is 20.6 Å². The summed E-state index contributed by atoms with van der Waals surface area (Å²) < 4.78 is 7.52. The number of esters is 1. The van der Waals surface area contributed by atoms with Crippen LogP contribution in [-0.4, -0.2) is 17.1 Å². The predicted octanol–water partition coefficient (Wildman–Crippen LogP) is 4.26.